The number of nitrogens with two attached hydrogens (primary N) is 1. The number of carbonyl (C=O) groups is 1. The van der Waals surface area contributed by atoms with Crippen molar-refractivity contribution in [3.05, 3.63) is 0 Å². The molecule has 5 heteroatoms. The van der Waals surface area contributed by atoms with Crippen molar-refractivity contribution in [1.82, 2.24) is 5.32 Å². The second-order valence-electron chi connectivity index (χ2n) is 1.75. The van der Waals surface area contributed by atoms with E-state index in [0.29, 0.717) is 6.54 Å². The van der Waals surface area contributed by atoms with Crippen molar-refractivity contribution in [3.63, 3.8) is 0 Å². The Morgan fingerprint density at radius 3 is 2.45 bits per heavy atom. The van der Waals surface area contributed by atoms with Gasteiger partial charge in [-0.1, -0.05) is 13.3 Å². The zero-order chi connectivity index (χ0) is 9.11. The van der Waals surface area contributed by atoms with Crippen molar-refractivity contribution < 1.29 is 9.59 Å². The smallest absolute Gasteiger partial charge is 0.312 e. The van der Waals surface area contributed by atoms with Crippen LogP contribution >= 0.6 is 0 Å². The Labute approximate surface area is 65.5 Å². The molecule has 2 amide bonds. The molecule has 5 nitrogen and oxygen atoms in total. The van der Waals surface area contributed by atoms with Crippen LogP contribution in [0.4, 0.5) is 4.79 Å². The monoisotopic (exact) mass is 159 g/mol. The molecule has 11 heavy (non-hydrogen) atoms. The molecule has 0 fully saturated rings. The first kappa shape index (κ1) is 12.3. The minimum atomic E-state index is -0.432. The molecule has 0 atom stereocenters. The van der Waals surface area contributed by atoms with Crippen LogP contribution in [0.5, 0.6) is 0 Å². The maximum atomic E-state index is 9.99. The van der Waals surface area contributed by atoms with E-state index in [-0.39, 0.29) is 0 Å². The standard InChI is InChI=1S/C5H12N2O.CHNO/c1-2-3-4-7-5(6)8;2-1-3/h2-4H2,1H3,(H3,6,7,8);2H. The van der Waals surface area contributed by atoms with Gasteiger partial charge in [-0.05, 0) is 6.42 Å². The minimum Gasteiger partial charge on any atom is -0.352 e. The fourth-order valence-electron chi connectivity index (χ4n) is 0.388. The summed E-state index contributed by atoms with van der Waals surface area (Å²) in [6.45, 7) is 2.76. The molecule has 0 aliphatic rings. The van der Waals surface area contributed by atoms with E-state index in [1.165, 1.54) is 0 Å². The first-order chi connectivity index (χ1) is 5.18. The topological polar surface area (TPSA) is 96.0 Å². The van der Waals surface area contributed by atoms with Gasteiger partial charge >= 0.3 is 6.03 Å². The van der Waals surface area contributed by atoms with Crippen molar-refractivity contribution in [2.45, 2.75) is 19.8 Å². The normalized spacial score (nSPS) is 7.00. The highest BCUT2D eigenvalue weighted by Gasteiger charge is 1.86. The lowest BCUT2D eigenvalue weighted by atomic mass is 10.3. The zero-order valence-electron chi connectivity index (χ0n) is 6.52. The van der Waals surface area contributed by atoms with Crippen molar-refractivity contribution >= 4 is 12.1 Å². The summed E-state index contributed by atoms with van der Waals surface area (Å²) in [5.41, 5.74) is 4.78. The quantitative estimate of drug-likeness (QED) is 0.315. The van der Waals surface area contributed by atoms with Crippen molar-refractivity contribution in [1.29, 1.82) is 5.41 Å². The molecule has 0 bridgehead atoms. The number of isocyanates is 1. The van der Waals surface area contributed by atoms with Gasteiger partial charge in [0.25, 0.3) is 0 Å². The molecule has 4 N–H and O–H groups in total. The van der Waals surface area contributed by atoms with Gasteiger partial charge in [-0.25, -0.2) is 15.0 Å². The molecule has 0 aromatic carbocycles. The number of unbranched alkanes of at least 4 members (excludes halogenated alkanes) is 1. The summed E-state index contributed by atoms with van der Waals surface area (Å²) in [5.74, 6) is 0. The molecule has 0 aliphatic heterocycles. The number of rotatable bonds is 3. The van der Waals surface area contributed by atoms with Crippen molar-refractivity contribution in [2.24, 2.45) is 5.73 Å². The highest BCUT2D eigenvalue weighted by atomic mass is 16.2. The highest BCUT2D eigenvalue weighted by molar-refractivity contribution is 5.71. The van der Waals surface area contributed by atoms with E-state index >= 15 is 0 Å². The predicted molar refractivity (Wildman–Crippen MR) is 40.9 cm³/mol. The summed E-state index contributed by atoms with van der Waals surface area (Å²) in [6, 6.07) is -0.432. The third kappa shape index (κ3) is 28.7. The van der Waals surface area contributed by atoms with E-state index in [0.717, 1.165) is 18.9 Å². The Hall–Kier alpha value is -1.35. The van der Waals surface area contributed by atoms with E-state index < -0.39 is 6.03 Å². The summed E-state index contributed by atoms with van der Waals surface area (Å²) in [4.78, 5) is 18.3. The number of amides is 2. The lowest BCUT2D eigenvalue weighted by molar-refractivity contribution is 0.249. The van der Waals surface area contributed by atoms with Gasteiger partial charge in [0.15, 0.2) is 0 Å². The van der Waals surface area contributed by atoms with Crippen molar-refractivity contribution in [2.75, 3.05) is 6.54 Å². The van der Waals surface area contributed by atoms with E-state index in [4.69, 9.17) is 15.9 Å². The Bertz CT molecular complexity index is 130. The molecule has 0 spiro atoms. The zero-order valence-corrected chi connectivity index (χ0v) is 6.52. The molecular weight excluding hydrogens is 146 g/mol. The van der Waals surface area contributed by atoms with Gasteiger partial charge in [0.1, 0.15) is 0 Å². The van der Waals surface area contributed by atoms with E-state index in [2.05, 4.69) is 12.2 Å². The first-order valence-corrected chi connectivity index (χ1v) is 3.26. The largest absolute Gasteiger partial charge is 0.352 e. The van der Waals surface area contributed by atoms with Crippen LogP contribution in [-0.4, -0.2) is 18.7 Å². The van der Waals surface area contributed by atoms with E-state index in [1.54, 1.807) is 0 Å². The van der Waals surface area contributed by atoms with Crippen LogP contribution in [0.15, 0.2) is 0 Å². The third-order valence-corrected chi connectivity index (χ3v) is 0.830. The Morgan fingerprint density at radius 1 is 1.73 bits per heavy atom. The maximum absolute atomic E-state index is 9.99. The van der Waals surface area contributed by atoms with Crippen LogP contribution in [0.25, 0.3) is 0 Å². The average Bonchev–Trinajstić information content (AvgIpc) is 1.89. The Morgan fingerprint density at radius 2 is 2.18 bits per heavy atom. The SMILES string of the molecule is CCCCNC(N)=O.N=C=O. The van der Waals surface area contributed by atoms with Crippen molar-refractivity contribution in [3.8, 4) is 0 Å². The molecule has 64 valence electrons. The lowest BCUT2D eigenvalue weighted by Gasteiger charge is -1.96. The number of urea groups is 1. The number of carbonyl (C=O) groups excluding carboxylic acids is 2. The lowest BCUT2D eigenvalue weighted by Crippen LogP contribution is -2.29. The second-order valence-corrected chi connectivity index (χ2v) is 1.75. The van der Waals surface area contributed by atoms with Gasteiger partial charge in [-0.2, -0.15) is 0 Å². The van der Waals surface area contributed by atoms with Gasteiger partial charge in [0.05, 0.1) is 0 Å². The molecule has 0 unspecified atom stereocenters. The van der Waals surface area contributed by atoms with E-state index in [1.807, 2.05) is 0 Å². The number of hydrogen-bond acceptors (Lipinski definition) is 3. The molecule has 0 saturated heterocycles. The van der Waals surface area contributed by atoms with Crippen LogP contribution in [0.2, 0.25) is 0 Å². The first-order valence-electron chi connectivity index (χ1n) is 3.26. The molecule has 0 heterocycles. The maximum Gasteiger partial charge on any atom is 0.312 e. The van der Waals surface area contributed by atoms with Crippen LogP contribution in [0.1, 0.15) is 19.8 Å². The number of primary amides is 1. The average molecular weight is 159 g/mol. The summed E-state index contributed by atoms with van der Waals surface area (Å²) >= 11 is 0. The molecular formula is C6H13N3O2. The van der Waals surface area contributed by atoms with Crippen LogP contribution in [0.3, 0.4) is 0 Å². The summed E-state index contributed by atoms with van der Waals surface area (Å²) in [5, 5.41) is 7.89. The van der Waals surface area contributed by atoms with Crippen LogP contribution in [0, 0.1) is 5.41 Å². The molecule has 0 aliphatic carbocycles. The Balaban J connectivity index is 0. The highest BCUT2D eigenvalue weighted by Crippen LogP contribution is 1.80. The fourth-order valence-corrected chi connectivity index (χ4v) is 0.388. The number of hydrogen-bond donors (Lipinski definition) is 3. The van der Waals surface area contributed by atoms with Gasteiger partial charge in [0, 0.05) is 6.54 Å². The van der Waals surface area contributed by atoms with Crippen LogP contribution < -0.4 is 11.1 Å². The summed E-state index contributed by atoms with van der Waals surface area (Å²) in [6.07, 6.45) is 2.84. The number of nitrogens with one attached hydrogen (secondary N) is 2. The van der Waals surface area contributed by atoms with E-state index in [9.17, 15) is 4.79 Å². The second kappa shape index (κ2) is 11.4. The molecule has 0 aromatic rings. The van der Waals surface area contributed by atoms with Crippen LogP contribution in [-0.2, 0) is 4.79 Å². The molecule has 0 rings (SSSR count). The molecule has 0 aromatic heterocycles. The molecule has 0 saturated carbocycles. The van der Waals surface area contributed by atoms with Gasteiger partial charge in [-0.15, -0.1) is 0 Å². The molecule has 0 radical (unpaired) electrons. The Kier molecular flexibility index (Phi) is 12.8. The third-order valence-electron chi connectivity index (χ3n) is 0.830. The fraction of sp³-hybridized carbons (Fsp3) is 0.667. The predicted octanol–water partition coefficient (Wildman–Crippen LogP) is 0.356. The minimum absolute atomic E-state index is 0.432. The van der Waals surface area contributed by atoms with Gasteiger partial charge in [-0.3, -0.25) is 0 Å². The van der Waals surface area contributed by atoms with Gasteiger partial charge < -0.3 is 11.1 Å². The summed E-state index contributed by atoms with van der Waals surface area (Å²) < 4.78 is 0. The van der Waals surface area contributed by atoms with Gasteiger partial charge in [0.2, 0.25) is 6.08 Å². The summed E-state index contributed by atoms with van der Waals surface area (Å²) in [7, 11) is 0.